The van der Waals surface area contributed by atoms with E-state index >= 15 is 0 Å². The van der Waals surface area contributed by atoms with Crippen molar-refractivity contribution in [1.82, 2.24) is 0 Å². The largest absolute Gasteiger partial charge is 0.459 e. The number of carbonyl (C=O) groups excluding carboxylic acids is 1. The Hall–Kier alpha value is -0.790. The van der Waals surface area contributed by atoms with Crippen molar-refractivity contribution in [3.05, 3.63) is 12.2 Å². The zero-order valence-electron chi connectivity index (χ0n) is 8.51. The fraction of sp³-hybridized carbons (Fsp3) is 0.727. The van der Waals surface area contributed by atoms with Gasteiger partial charge in [0.25, 0.3) is 0 Å². The van der Waals surface area contributed by atoms with Crippen LogP contribution in [-0.4, -0.2) is 11.6 Å². The van der Waals surface area contributed by atoms with Crippen LogP contribution in [0.4, 0.5) is 0 Å². The number of esters is 1. The summed E-state index contributed by atoms with van der Waals surface area (Å²) in [5.74, 6) is -0.0398. The maximum atomic E-state index is 10.9. The Balaban J connectivity index is 2.27. The van der Waals surface area contributed by atoms with Crippen LogP contribution in [0.3, 0.4) is 0 Å². The van der Waals surface area contributed by atoms with Crippen LogP contribution in [0.1, 0.15) is 46.0 Å². The van der Waals surface area contributed by atoms with Crippen LogP contribution in [-0.2, 0) is 9.53 Å². The molecule has 0 aromatic heterocycles. The quantitative estimate of drug-likeness (QED) is 0.493. The molecular formula is C11H18O2. The van der Waals surface area contributed by atoms with Gasteiger partial charge in [-0.1, -0.05) is 19.1 Å². The Kier molecular flexibility index (Phi) is 3.52. The van der Waals surface area contributed by atoms with E-state index in [1.165, 1.54) is 0 Å². The predicted octanol–water partition coefficient (Wildman–Crippen LogP) is 2.83. The lowest BCUT2D eigenvalue weighted by Crippen LogP contribution is -2.23. The van der Waals surface area contributed by atoms with Crippen molar-refractivity contribution >= 4 is 5.97 Å². The second-order valence-corrected chi connectivity index (χ2v) is 3.84. The van der Waals surface area contributed by atoms with E-state index in [4.69, 9.17) is 4.74 Å². The van der Waals surface area contributed by atoms with Gasteiger partial charge in [-0.3, -0.25) is 4.79 Å². The van der Waals surface area contributed by atoms with Gasteiger partial charge < -0.3 is 4.74 Å². The minimum atomic E-state index is -0.185. The molecule has 0 spiro atoms. The Morgan fingerprint density at radius 3 is 2.85 bits per heavy atom. The molecule has 0 aromatic carbocycles. The van der Waals surface area contributed by atoms with E-state index < -0.39 is 0 Å². The number of allylic oxidation sites excluding steroid dienone is 2. The summed E-state index contributed by atoms with van der Waals surface area (Å²) in [7, 11) is 0. The summed E-state index contributed by atoms with van der Waals surface area (Å²) in [5.41, 5.74) is -0.185. The van der Waals surface area contributed by atoms with Gasteiger partial charge in [0.2, 0.25) is 0 Å². The average molecular weight is 182 g/mol. The normalized spacial score (nSPS) is 28.3. The monoisotopic (exact) mass is 182 g/mol. The second-order valence-electron chi connectivity index (χ2n) is 3.84. The molecule has 1 saturated heterocycles. The minimum Gasteiger partial charge on any atom is -0.459 e. The first kappa shape index (κ1) is 10.3. The van der Waals surface area contributed by atoms with Gasteiger partial charge in [-0.05, 0) is 32.6 Å². The van der Waals surface area contributed by atoms with E-state index in [1.807, 2.05) is 6.92 Å². The number of hydrogen-bond donors (Lipinski definition) is 0. The van der Waals surface area contributed by atoms with Gasteiger partial charge in [-0.25, -0.2) is 0 Å². The van der Waals surface area contributed by atoms with Crippen LogP contribution >= 0.6 is 0 Å². The van der Waals surface area contributed by atoms with Gasteiger partial charge in [0.1, 0.15) is 5.60 Å². The summed E-state index contributed by atoms with van der Waals surface area (Å²) in [6.07, 6.45) is 8.83. The second kappa shape index (κ2) is 4.45. The fourth-order valence-electron chi connectivity index (χ4n) is 1.59. The first-order valence-corrected chi connectivity index (χ1v) is 5.03. The number of ether oxygens (including phenoxy) is 1. The van der Waals surface area contributed by atoms with Crippen molar-refractivity contribution in [2.24, 2.45) is 0 Å². The molecule has 13 heavy (non-hydrogen) atoms. The third-order valence-electron chi connectivity index (χ3n) is 2.46. The first-order chi connectivity index (χ1) is 6.16. The van der Waals surface area contributed by atoms with Gasteiger partial charge in [0, 0.05) is 6.42 Å². The molecule has 2 heteroatoms. The summed E-state index contributed by atoms with van der Waals surface area (Å²) in [4.78, 5) is 10.9. The van der Waals surface area contributed by atoms with E-state index in [-0.39, 0.29) is 11.6 Å². The molecule has 0 aliphatic carbocycles. The molecule has 1 heterocycles. The summed E-state index contributed by atoms with van der Waals surface area (Å²) in [6, 6.07) is 0. The highest BCUT2D eigenvalue weighted by molar-refractivity contribution is 5.72. The molecule has 0 aromatic rings. The molecule has 1 fully saturated rings. The molecule has 0 saturated carbocycles. The van der Waals surface area contributed by atoms with Crippen LogP contribution in [0.5, 0.6) is 0 Å². The smallest absolute Gasteiger partial charge is 0.306 e. The van der Waals surface area contributed by atoms with Crippen molar-refractivity contribution in [3.8, 4) is 0 Å². The lowest BCUT2D eigenvalue weighted by molar-refractivity contribution is -0.147. The molecule has 1 aliphatic rings. The molecule has 0 amide bonds. The Morgan fingerprint density at radius 1 is 1.54 bits per heavy atom. The zero-order valence-corrected chi connectivity index (χ0v) is 8.51. The van der Waals surface area contributed by atoms with E-state index in [2.05, 4.69) is 19.1 Å². The molecular weight excluding hydrogens is 164 g/mol. The molecule has 1 rings (SSSR count). The molecule has 1 atom stereocenters. The molecule has 74 valence electrons. The SMILES string of the molecule is CC/C=C\CCC1(C)CCC(=O)O1. The van der Waals surface area contributed by atoms with Gasteiger partial charge in [0.15, 0.2) is 0 Å². The topological polar surface area (TPSA) is 26.3 Å². The van der Waals surface area contributed by atoms with Crippen LogP contribution < -0.4 is 0 Å². The summed E-state index contributed by atoms with van der Waals surface area (Å²) >= 11 is 0. The van der Waals surface area contributed by atoms with Crippen molar-refractivity contribution in [2.45, 2.75) is 51.6 Å². The highest BCUT2D eigenvalue weighted by atomic mass is 16.6. The van der Waals surface area contributed by atoms with Crippen molar-refractivity contribution in [3.63, 3.8) is 0 Å². The van der Waals surface area contributed by atoms with Gasteiger partial charge in [-0.2, -0.15) is 0 Å². The Morgan fingerprint density at radius 2 is 2.31 bits per heavy atom. The number of cyclic esters (lactones) is 1. The Labute approximate surface area is 80.0 Å². The third kappa shape index (κ3) is 3.21. The zero-order chi connectivity index (χ0) is 9.73. The molecule has 1 unspecified atom stereocenters. The van der Waals surface area contributed by atoms with Crippen LogP contribution in [0.15, 0.2) is 12.2 Å². The highest BCUT2D eigenvalue weighted by Crippen LogP contribution is 2.30. The van der Waals surface area contributed by atoms with E-state index in [0.717, 1.165) is 25.7 Å². The molecule has 0 bridgehead atoms. The lowest BCUT2D eigenvalue weighted by Gasteiger charge is -2.21. The minimum absolute atomic E-state index is 0.0398. The van der Waals surface area contributed by atoms with Crippen LogP contribution in [0.2, 0.25) is 0 Å². The standard InChI is InChI=1S/C11H18O2/c1-3-4-5-6-8-11(2)9-7-10(12)13-11/h4-5H,3,6-9H2,1-2H3/b5-4-. The molecule has 1 aliphatic heterocycles. The average Bonchev–Trinajstić information content (AvgIpc) is 2.41. The summed E-state index contributed by atoms with van der Waals surface area (Å²) in [5, 5.41) is 0. The number of hydrogen-bond acceptors (Lipinski definition) is 2. The maximum Gasteiger partial charge on any atom is 0.306 e. The summed E-state index contributed by atoms with van der Waals surface area (Å²) in [6.45, 7) is 4.14. The first-order valence-electron chi connectivity index (χ1n) is 5.03. The van der Waals surface area contributed by atoms with E-state index in [0.29, 0.717) is 6.42 Å². The predicted molar refractivity (Wildman–Crippen MR) is 52.4 cm³/mol. The van der Waals surface area contributed by atoms with Gasteiger partial charge in [-0.15, -0.1) is 0 Å². The van der Waals surface area contributed by atoms with Crippen LogP contribution in [0, 0.1) is 0 Å². The van der Waals surface area contributed by atoms with E-state index in [9.17, 15) is 4.79 Å². The number of carbonyl (C=O) groups is 1. The van der Waals surface area contributed by atoms with E-state index in [1.54, 1.807) is 0 Å². The lowest BCUT2D eigenvalue weighted by atomic mass is 9.96. The van der Waals surface area contributed by atoms with Crippen molar-refractivity contribution in [1.29, 1.82) is 0 Å². The molecule has 0 radical (unpaired) electrons. The maximum absolute atomic E-state index is 10.9. The fourth-order valence-corrected chi connectivity index (χ4v) is 1.59. The van der Waals surface area contributed by atoms with Gasteiger partial charge in [0.05, 0.1) is 0 Å². The molecule has 0 N–H and O–H groups in total. The number of rotatable bonds is 4. The van der Waals surface area contributed by atoms with Crippen molar-refractivity contribution in [2.75, 3.05) is 0 Å². The third-order valence-corrected chi connectivity index (χ3v) is 2.46. The Bertz CT molecular complexity index is 208. The van der Waals surface area contributed by atoms with Gasteiger partial charge >= 0.3 is 5.97 Å². The molecule has 2 nitrogen and oxygen atoms in total. The van der Waals surface area contributed by atoms with Crippen LogP contribution in [0.25, 0.3) is 0 Å². The van der Waals surface area contributed by atoms with Crippen molar-refractivity contribution < 1.29 is 9.53 Å². The highest BCUT2D eigenvalue weighted by Gasteiger charge is 2.34. The summed E-state index contributed by atoms with van der Waals surface area (Å²) < 4.78 is 5.26.